The fourth-order valence-corrected chi connectivity index (χ4v) is 2.21. The van der Waals surface area contributed by atoms with Crippen molar-refractivity contribution in [3.8, 4) is 0 Å². The molecule has 0 bridgehead atoms. The average Bonchev–Trinajstić information content (AvgIpc) is 2.54. The second-order valence-corrected chi connectivity index (χ2v) is 4.55. The number of halogens is 2. The van der Waals surface area contributed by atoms with Crippen molar-refractivity contribution in [1.82, 2.24) is 5.32 Å². The van der Waals surface area contributed by atoms with Gasteiger partial charge in [-0.3, -0.25) is 0 Å². The van der Waals surface area contributed by atoms with Crippen molar-refractivity contribution in [1.29, 1.82) is 0 Å². The summed E-state index contributed by atoms with van der Waals surface area (Å²) in [5.74, 6) is 0.612. The molecular weight excluding hydrogens is 273 g/mol. The van der Waals surface area contributed by atoms with Crippen LogP contribution in [0.15, 0.2) is 21.0 Å². The van der Waals surface area contributed by atoms with E-state index in [0.29, 0.717) is 16.6 Å². The summed E-state index contributed by atoms with van der Waals surface area (Å²) in [5.41, 5.74) is 1.71. The van der Waals surface area contributed by atoms with Crippen LogP contribution in [0.2, 0.25) is 0 Å². The molecule has 2 rings (SSSR count). The van der Waals surface area contributed by atoms with E-state index < -0.39 is 0 Å². The Kier molecular flexibility index (Phi) is 3.30. The van der Waals surface area contributed by atoms with Crippen LogP contribution in [0.1, 0.15) is 18.2 Å². The fraction of sp³-hybridized carbons (Fsp3) is 0.333. The van der Waals surface area contributed by atoms with Crippen LogP contribution in [-0.4, -0.2) is 6.54 Å². The second-order valence-electron chi connectivity index (χ2n) is 3.69. The molecule has 1 aromatic heterocycles. The Morgan fingerprint density at radius 1 is 1.44 bits per heavy atom. The monoisotopic (exact) mass is 285 g/mol. The van der Waals surface area contributed by atoms with E-state index >= 15 is 0 Å². The van der Waals surface area contributed by atoms with Gasteiger partial charge in [0, 0.05) is 5.39 Å². The zero-order chi connectivity index (χ0) is 11.7. The first kappa shape index (κ1) is 11.6. The Balaban J connectivity index is 2.54. The van der Waals surface area contributed by atoms with Crippen LogP contribution in [0.3, 0.4) is 0 Å². The number of aryl methyl sites for hydroxylation is 1. The molecule has 0 aliphatic heterocycles. The maximum Gasteiger partial charge on any atom is 0.149 e. The lowest BCUT2D eigenvalue weighted by Crippen LogP contribution is -2.11. The van der Waals surface area contributed by atoms with E-state index in [1.54, 1.807) is 0 Å². The number of rotatable bonds is 3. The third-order valence-electron chi connectivity index (χ3n) is 2.59. The van der Waals surface area contributed by atoms with Gasteiger partial charge in [0.25, 0.3) is 0 Å². The van der Waals surface area contributed by atoms with Crippen LogP contribution in [0, 0.1) is 12.7 Å². The molecule has 86 valence electrons. The predicted molar refractivity (Wildman–Crippen MR) is 66.0 cm³/mol. The summed E-state index contributed by atoms with van der Waals surface area (Å²) in [5, 5.41) is 4.03. The molecule has 0 aliphatic carbocycles. The number of hydrogen-bond acceptors (Lipinski definition) is 2. The molecule has 0 saturated carbocycles. The largest absolute Gasteiger partial charge is 0.458 e. The maximum absolute atomic E-state index is 13.3. The Bertz CT molecular complexity index is 521. The van der Waals surface area contributed by atoms with Gasteiger partial charge in [0.2, 0.25) is 0 Å². The third kappa shape index (κ3) is 1.99. The maximum atomic E-state index is 13.3. The Hall–Kier alpha value is -0.870. The highest BCUT2D eigenvalue weighted by Crippen LogP contribution is 2.31. The van der Waals surface area contributed by atoms with Gasteiger partial charge in [-0.25, -0.2) is 4.39 Å². The van der Waals surface area contributed by atoms with Crippen molar-refractivity contribution >= 4 is 26.9 Å². The second kappa shape index (κ2) is 4.55. The molecule has 0 fully saturated rings. The van der Waals surface area contributed by atoms with E-state index in [1.807, 2.05) is 13.8 Å². The number of furan rings is 1. The molecule has 16 heavy (non-hydrogen) atoms. The first-order chi connectivity index (χ1) is 7.63. The quantitative estimate of drug-likeness (QED) is 0.929. The van der Waals surface area contributed by atoms with Crippen molar-refractivity contribution in [2.24, 2.45) is 0 Å². The van der Waals surface area contributed by atoms with Crippen LogP contribution in [0.25, 0.3) is 11.0 Å². The predicted octanol–water partition coefficient (Wildman–Crippen LogP) is 3.75. The first-order valence-electron chi connectivity index (χ1n) is 5.21. The van der Waals surface area contributed by atoms with Gasteiger partial charge in [-0.2, -0.15) is 0 Å². The van der Waals surface area contributed by atoms with Crippen molar-refractivity contribution in [3.05, 3.63) is 33.7 Å². The molecule has 1 N–H and O–H groups in total. The molecule has 0 saturated heterocycles. The van der Waals surface area contributed by atoms with Crippen molar-refractivity contribution < 1.29 is 8.81 Å². The summed E-state index contributed by atoms with van der Waals surface area (Å²) in [6, 6.07) is 2.93. The summed E-state index contributed by atoms with van der Waals surface area (Å²) < 4.78 is 19.6. The highest BCUT2D eigenvalue weighted by atomic mass is 79.9. The highest BCUT2D eigenvalue weighted by Gasteiger charge is 2.13. The summed E-state index contributed by atoms with van der Waals surface area (Å²) in [7, 11) is 0. The van der Waals surface area contributed by atoms with Gasteiger partial charge in [-0.05, 0) is 47.1 Å². The van der Waals surface area contributed by atoms with Crippen LogP contribution >= 0.6 is 15.9 Å². The zero-order valence-corrected chi connectivity index (χ0v) is 10.8. The van der Waals surface area contributed by atoms with Gasteiger partial charge in [0.15, 0.2) is 0 Å². The number of fused-ring (bicyclic) bond motifs is 1. The van der Waals surface area contributed by atoms with E-state index in [0.717, 1.165) is 23.3 Å². The molecule has 1 aromatic carbocycles. The van der Waals surface area contributed by atoms with Gasteiger partial charge in [-0.1, -0.05) is 6.92 Å². The van der Waals surface area contributed by atoms with Gasteiger partial charge in [0.05, 0.1) is 11.0 Å². The van der Waals surface area contributed by atoms with Crippen molar-refractivity contribution in [2.75, 3.05) is 6.54 Å². The number of benzene rings is 1. The zero-order valence-electron chi connectivity index (χ0n) is 9.23. The highest BCUT2D eigenvalue weighted by molar-refractivity contribution is 9.10. The minimum Gasteiger partial charge on any atom is -0.458 e. The Morgan fingerprint density at radius 2 is 2.19 bits per heavy atom. The van der Waals surface area contributed by atoms with Gasteiger partial charge in [-0.15, -0.1) is 0 Å². The molecule has 0 aliphatic rings. The summed E-state index contributed by atoms with van der Waals surface area (Å²) >= 11 is 3.31. The summed E-state index contributed by atoms with van der Waals surface area (Å²) in [6.45, 7) is 5.54. The van der Waals surface area contributed by atoms with E-state index in [1.165, 1.54) is 12.1 Å². The average molecular weight is 286 g/mol. The van der Waals surface area contributed by atoms with E-state index in [9.17, 15) is 4.39 Å². The fourth-order valence-electron chi connectivity index (χ4n) is 1.70. The van der Waals surface area contributed by atoms with Gasteiger partial charge < -0.3 is 9.73 Å². The minimum atomic E-state index is -0.252. The normalized spacial score (nSPS) is 11.2. The Morgan fingerprint density at radius 3 is 2.88 bits per heavy atom. The standard InChI is InChI=1S/C12H13BrFNO/c1-3-15-6-11-7(2)9-4-8(14)5-10(13)12(9)16-11/h4-5,15H,3,6H2,1-2H3. The molecule has 0 radical (unpaired) electrons. The lowest BCUT2D eigenvalue weighted by atomic mass is 10.1. The molecule has 0 unspecified atom stereocenters. The molecular formula is C12H13BrFNO. The van der Waals surface area contributed by atoms with Crippen LogP contribution in [-0.2, 0) is 6.54 Å². The van der Waals surface area contributed by atoms with Gasteiger partial charge >= 0.3 is 0 Å². The van der Waals surface area contributed by atoms with Gasteiger partial charge in [0.1, 0.15) is 17.2 Å². The molecule has 1 heterocycles. The lowest BCUT2D eigenvalue weighted by Gasteiger charge is -1.97. The van der Waals surface area contributed by atoms with E-state index in [4.69, 9.17) is 4.42 Å². The van der Waals surface area contributed by atoms with E-state index in [-0.39, 0.29) is 5.82 Å². The molecule has 2 nitrogen and oxygen atoms in total. The lowest BCUT2D eigenvalue weighted by molar-refractivity contribution is 0.515. The Labute approximate surface area is 102 Å². The summed E-state index contributed by atoms with van der Waals surface area (Å²) in [6.07, 6.45) is 0. The molecule has 0 spiro atoms. The minimum absolute atomic E-state index is 0.252. The molecule has 0 amide bonds. The molecule has 4 heteroatoms. The SMILES string of the molecule is CCNCc1oc2c(Br)cc(F)cc2c1C. The van der Waals surface area contributed by atoms with E-state index in [2.05, 4.69) is 21.2 Å². The molecule has 0 atom stereocenters. The van der Waals surface area contributed by atoms with Crippen LogP contribution in [0.5, 0.6) is 0 Å². The molecule has 2 aromatic rings. The smallest absolute Gasteiger partial charge is 0.149 e. The van der Waals surface area contributed by atoms with Crippen LogP contribution < -0.4 is 5.32 Å². The topological polar surface area (TPSA) is 25.2 Å². The number of nitrogens with one attached hydrogen (secondary N) is 1. The van der Waals surface area contributed by atoms with Crippen molar-refractivity contribution in [2.45, 2.75) is 20.4 Å². The number of hydrogen-bond donors (Lipinski definition) is 1. The third-order valence-corrected chi connectivity index (χ3v) is 3.18. The summed E-state index contributed by atoms with van der Waals surface area (Å²) in [4.78, 5) is 0. The first-order valence-corrected chi connectivity index (χ1v) is 6.00. The van der Waals surface area contributed by atoms with Crippen LogP contribution in [0.4, 0.5) is 4.39 Å². The van der Waals surface area contributed by atoms with Crippen molar-refractivity contribution in [3.63, 3.8) is 0 Å².